The molecule has 2 fully saturated rings. The third-order valence-electron chi connectivity index (χ3n) is 5.50. The SMILES string of the molecule is O=C(NC1CCC1)c1cc(NC(=O)[C@@H]2[C@@H](c3cc(Cl)cc(Cl)c3)C2(Cl)Cl)ccc1Cl. The zero-order valence-corrected chi connectivity index (χ0v) is 19.3. The molecular formula is C21H17Cl5N2O2. The second kappa shape index (κ2) is 8.40. The van der Waals surface area contributed by atoms with Crippen LogP contribution in [0.5, 0.6) is 0 Å². The van der Waals surface area contributed by atoms with Gasteiger partial charge in [-0.1, -0.05) is 34.8 Å². The van der Waals surface area contributed by atoms with E-state index < -0.39 is 16.2 Å². The molecule has 9 heteroatoms. The lowest BCUT2D eigenvalue weighted by atomic mass is 9.93. The number of nitrogens with one attached hydrogen (secondary N) is 2. The van der Waals surface area contributed by atoms with Crippen molar-refractivity contribution in [2.24, 2.45) is 5.92 Å². The van der Waals surface area contributed by atoms with Crippen LogP contribution < -0.4 is 10.6 Å². The maximum atomic E-state index is 12.9. The number of benzene rings is 2. The topological polar surface area (TPSA) is 58.2 Å². The van der Waals surface area contributed by atoms with Gasteiger partial charge in [-0.05, 0) is 61.2 Å². The van der Waals surface area contributed by atoms with Crippen molar-refractivity contribution in [3.63, 3.8) is 0 Å². The average Bonchev–Trinajstić information content (AvgIpc) is 3.21. The molecule has 4 rings (SSSR count). The molecule has 0 aliphatic heterocycles. The van der Waals surface area contributed by atoms with Crippen LogP contribution in [-0.4, -0.2) is 22.2 Å². The first kappa shape index (κ1) is 22.0. The highest BCUT2D eigenvalue weighted by Gasteiger charge is 2.67. The van der Waals surface area contributed by atoms with Crippen LogP contribution in [0.15, 0.2) is 36.4 Å². The predicted octanol–water partition coefficient (Wildman–Crippen LogP) is 6.46. The van der Waals surface area contributed by atoms with Crippen molar-refractivity contribution in [3.8, 4) is 0 Å². The number of anilines is 1. The third-order valence-corrected chi connectivity index (χ3v) is 7.21. The van der Waals surface area contributed by atoms with Crippen molar-refractivity contribution < 1.29 is 9.59 Å². The zero-order valence-electron chi connectivity index (χ0n) is 15.5. The van der Waals surface area contributed by atoms with Gasteiger partial charge in [0.15, 0.2) is 0 Å². The Balaban J connectivity index is 1.49. The van der Waals surface area contributed by atoms with E-state index in [9.17, 15) is 9.59 Å². The predicted molar refractivity (Wildman–Crippen MR) is 122 cm³/mol. The summed E-state index contributed by atoms with van der Waals surface area (Å²) in [6, 6.07) is 9.90. The van der Waals surface area contributed by atoms with Crippen molar-refractivity contribution >= 4 is 75.5 Å². The Labute approximate surface area is 199 Å². The van der Waals surface area contributed by atoms with Crippen LogP contribution in [0.3, 0.4) is 0 Å². The monoisotopic (exact) mass is 504 g/mol. The van der Waals surface area contributed by atoms with Gasteiger partial charge in [-0.2, -0.15) is 0 Å². The molecule has 4 nitrogen and oxygen atoms in total. The van der Waals surface area contributed by atoms with Crippen LogP contribution in [0.2, 0.25) is 15.1 Å². The van der Waals surface area contributed by atoms with Gasteiger partial charge in [-0.25, -0.2) is 0 Å². The van der Waals surface area contributed by atoms with E-state index in [-0.39, 0.29) is 17.9 Å². The van der Waals surface area contributed by atoms with Crippen LogP contribution >= 0.6 is 58.0 Å². The molecule has 2 atom stereocenters. The normalized spacial score (nSPS) is 22.2. The first-order valence-corrected chi connectivity index (χ1v) is 11.3. The van der Waals surface area contributed by atoms with E-state index in [1.807, 2.05) is 0 Å². The number of hydrogen-bond acceptors (Lipinski definition) is 2. The first-order valence-electron chi connectivity index (χ1n) is 9.42. The minimum Gasteiger partial charge on any atom is -0.349 e. The summed E-state index contributed by atoms with van der Waals surface area (Å²) in [7, 11) is 0. The van der Waals surface area contributed by atoms with Gasteiger partial charge in [0.25, 0.3) is 5.91 Å². The van der Waals surface area contributed by atoms with Gasteiger partial charge in [0.1, 0.15) is 4.33 Å². The van der Waals surface area contributed by atoms with Crippen molar-refractivity contribution in [1.29, 1.82) is 0 Å². The van der Waals surface area contributed by atoms with Gasteiger partial charge in [-0.15, -0.1) is 23.2 Å². The summed E-state index contributed by atoms with van der Waals surface area (Å²) < 4.78 is -1.28. The van der Waals surface area contributed by atoms with Gasteiger partial charge >= 0.3 is 0 Å². The molecule has 0 bridgehead atoms. The molecule has 0 spiro atoms. The fraction of sp³-hybridized carbons (Fsp3) is 0.333. The largest absolute Gasteiger partial charge is 0.349 e. The van der Waals surface area contributed by atoms with Crippen LogP contribution in [0.25, 0.3) is 0 Å². The third kappa shape index (κ3) is 4.39. The molecule has 0 radical (unpaired) electrons. The highest BCUT2D eigenvalue weighted by molar-refractivity contribution is 6.53. The van der Waals surface area contributed by atoms with Crippen LogP contribution in [0.1, 0.15) is 41.1 Å². The number of hydrogen-bond donors (Lipinski definition) is 2. The van der Waals surface area contributed by atoms with Crippen molar-refractivity contribution in [1.82, 2.24) is 5.32 Å². The molecule has 2 N–H and O–H groups in total. The van der Waals surface area contributed by atoms with Gasteiger partial charge in [0.2, 0.25) is 5.91 Å². The minimum absolute atomic E-state index is 0.177. The summed E-state index contributed by atoms with van der Waals surface area (Å²) >= 11 is 31.1. The molecule has 0 heterocycles. The van der Waals surface area contributed by atoms with E-state index in [0.717, 1.165) is 19.3 Å². The smallest absolute Gasteiger partial charge is 0.253 e. The molecule has 0 saturated heterocycles. The number of alkyl halides is 2. The van der Waals surface area contributed by atoms with Crippen LogP contribution in [0, 0.1) is 5.92 Å². The maximum Gasteiger partial charge on any atom is 0.253 e. The van der Waals surface area contributed by atoms with E-state index in [0.29, 0.717) is 31.9 Å². The van der Waals surface area contributed by atoms with Gasteiger partial charge in [0, 0.05) is 27.7 Å². The molecule has 0 aromatic heterocycles. The fourth-order valence-corrected chi connectivity index (χ4v) is 5.21. The summed E-state index contributed by atoms with van der Waals surface area (Å²) in [4.78, 5) is 25.3. The Morgan fingerprint density at radius 3 is 2.23 bits per heavy atom. The molecule has 2 aliphatic rings. The lowest BCUT2D eigenvalue weighted by Gasteiger charge is -2.26. The standard InChI is InChI=1S/C21H17Cl5N2O2/c22-11-6-10(7-12(23)8-11)17-18(21(17,25)26)20(30)28-14-4-5-16(24)15(9-14)19(29)27-13-2-1-3-13/h4-9,13,17-18H,1-3H2,(H,27,29)(H,28,30)/t17-,18+/m1/s1. The second-order valence-corrected chi connectivity index (χ2v) is 10.3. The summed E-state index contributed by atoms with van der Waals surface area (Å²) in [5.74, 6) is -1.78. The zero-order chi connectivity index (χ0) is 21.6. The highest BCUT2D eigenvalue weighted by Crippen LogP contribution is 2.65. The molecule has 2 aromatic carbocycles. The lowest BCUT2D eigenvalue weighted by molar-refractivity contribution is -0.117. The van der Waals surface area contributed by atoms with E-state index in [1.165, 1.54) is 0 Å². The van der Waals surface area contributed by atoms with E-state index in [2.05, 4.69) is 10.6 Å². The van der Waals surface area contributed by atoms with Crippen molar-refractivity contribution in [2.45, 2.75) is 35.6 Å². The maximum absolute atomic E-state index is 12.9. The van der Waals surface area contributed by atoms with Crippen molar-refractivity contribution in [2.75, 3.05) is 5.32 Å². The van der Waals surface area contributed by atoms with Gasteiger partial charge in [0.05, 0.1) is 16.5 Å². The number of halogens is 5. The Morgan fingerprint density at radius 1 is 0.967 bits per heavy atom. The Morgan fingerprint density at radius 2 is 1.63 bits per heavy atom. The molecule has 158 valence electrons. The number of rotatable bonds is 5. The van der Waals surface area contributed by atoms with Crippen molar-refractivity contribution in [3.05, 3.63) is 62.6 Å². The molecule has 2 aromatic rings. The number of carbonyl (C=O) groups excluding carboxylic acids is 2. The Kier molecular flexibility index (Phi) is 6.17. The van der Waals surface area contributed by atoms with Gasteiger partial charge in [-0.3, -0.25) is 9.59 Å². The first-order chi connectivity index (χ1) is 14.2. The van der Waals surface area contributed by atoms with E-state index in [1.54, 1.807) is 36.4 Å². The fourth-order valence-electron chi connectivity index (χ4n) is 3.64. The molecule has 0 unspecified atom stereocenters. The minimum atomic E-state index is -1.28. The Bertz CT molecular complexity index is 1000. The molecular weight excluding hydrogens is 490 g/mol. The summed E-state index contributed by atoms with van der Waals surface area (Å²) in [6.45, 7) is 0. The van der Waals surface area contributed by atoms with E-state index in [4.69, 9.17) is 58.0 Å². The molecule has 2 amide bonds. The average molecular weight is 507 g/mol. The van der Waals surface area contributed by atoms with Crippen LogP contribution in [-0.2, 0) is 4.79 Å². The second-order valence-electron chi connectivity index (χ2n) is 7.62. The molecule has 2 saturated carbocycles. The Hall–Kier alpha value is -1.17. The summed E-state index contributed by atoms with van der Waals surface area (Å²) in [6.07, 6.45) is 3.03. The van der Waals surface area contributed by atoms with Gasteiger partial charge < -0.3 is 10.6 Å². The molecule has 30 heavy (non-hydrogen) atoms. The number of carbonyl (C=O) groups is 2. The lowest BCUT2D eigenvalue weighted by Crippen LogP contribution is -2.39. The summed E-state index contributed by atoms with van der Waals surface area (Å²) in [5.41, 5.74) is 1.43. The molecule has 2 aliphatic carbocycles. The quantitative estimate of drug-likeness (QED) is 0.458. The number of amides is 2. The van der Waals surface area contributed by atoms with E-state index >= 15 is 0 Å². The van der Waals surface area contributed by atoms with Crippen LogP contribution in [0.4, 0.5) is 5.69 Å². The summed E-state index contributed by atoms with van der Waals surface area (Å²) in [5, 5.41) is 6.90. The highest BCUT2D eigenvalue weighted by atomic mass is 35.5.